The first-order chi connectivity index (χ1) is 8.76. The Balaban J connectivity index is 1.91. The van der Waals surface area contributed by atoms with Crippen LogP contribution in [0.15, 0.2) is 6.33 Å². The van der Waals surface area contributed by atoms with Gasteiger partial charge in [0.25, 0.3) is 0 Å². The molecule has 0 aliphatic heterocycles. The molecule has 1 fully saturated rings. The molecule has 18 heavy (non-hydrogen) atoms. The van der Waals surface area contributed by atoms with Crippen LogP contribution in [0.5, 0.6) is 5.88 Å². The Kier molecular flexibility index (Phi) is 4.36. The van der Waals surface area contributed by atoms with Gasteiger partial charge in [0.2, 0.25) is 5.88 Å². The molecule has 0 atom stereocenters. The van der Waals surface area contributed by atoms with E-state index >= 15 is 0 Å². The number of nitrogens with zero attached hydrogens (tertiary/aromatic N) is 3. The first kappa shape index (κ1) is 13.1. The molecular formula is C13H22N4O. The molecule has 5 nitrogen and oxygen atoms in total. The topological polar surface area (TPSA) is 50.3 Å². The summed E-state index contributed by atoms with van der Waals surface area (Å²) < 4.78 is 5.79. The van der Waals surface area contributed by atoms with Crippen LogP contribution in [0.25, 0.3) is 0 Å². The van der Waals surface area contributed by atoms with Gasteiger partial charge in [-0.1, -0.05) is 6.92 Å². The van der Waals surface area contributed by atoms with Gasteiger partial charge < -0.3 is 15.0 Å². The van der Waals surface area contributed by atoms with Crippen LogP contribution in [0, 0.1) is 0 Å². The molecule has 1 aromatic heterocycles. The summed E-state index contributed by atoms with van der Waals surface area (Å²) in [6.07, 6.45) is 5.07. The van der Waals surface area contributed by atoms with Gasteiger partial charge in [0.15, 0.2) is 0 Å². The van der Waals surface area contributed by atoms with Gasteiger partial charge in [-0.25, -0.2) is 9.97 Å². The van der Waals surface area contributed by atoms with E-state index in [-0.39, 0.29) is 0 Å². The van der Waals surface area contributed by atoms with E-state index < -0.39 is 0 Å². The summed E-state index contributed by atoms with van der Waals surface area (Å²) in [7, 11) is 4.02. The average molecular weight is 250 g/mol. The number of aromatic nitrogens is 2. The summed E-state index contributed by atoms with van der Waals surface area (Å²) in [6.45, 7) is 3.72. The maximum atomic E-state index is 5.79. The highest BCUT2D eigenvalue weighted by Gasteiger charge is 2.25. The number of rotatable bonds is 7. The fourth-order valence-electron chi connectivity index (χ4n) is 2.04. The Labute approximate surface area is 109 Å². The number of hydrogen-bond donors (Lipinski definition) is 1. The fourth-order valence-corrected chi connectivity index (χ4v) is 2.04. The van der Waals surface area contributed by atoms with Crippen molar-refractivity contribution >= 4 is 5.82 Å². The first-order valence-corrected chi connectivity index (χ1v) is 6.61. The van der Waals surface area contributed by atoms with Crippen molar-refractivity contribution in [3.8, 4) is 5.88 Å². The predicted molar refractivity (Wildman–Crippen MR) is 72.1 cm³/mol. The van der Waals surface area contributed by atoms with E-state index in [2.05, 4.69) is 34.2 Å². The highest BCUT2D eigenvalue weighted by atomic mass is 16.5. The second kappa shape index (κ2) is 6.00. The maximum Gasteiger partial charge on any atom is 0.221 e. The minimum Gasteiger partial charge on any atom is -0.476 e. The molecule has 5 heteroatoms. The molecule has 1 aromatic rings. The van der Waals surface area contributed by atoms with Gasteiger partial charge in [0, 0.05) is 19.6 Å². The molecule has 0 spiro atoms. The average Bonchev–Trinajstić information content (AvgIpc) is 3.22. The van der Waals surface area contributed by atoms with Gasteiger partial charge >= 0.3 is 0 Å². The van der Waals surface area contributed by atoms with E-state index in [1.807, 2.05) is 7.05 Å². The van der Waals surface area contributed by atoms with Crippen molar-refractivity contribution < 1.29 is 4.74 Å². The molecule has 2 rings (SSSR count). The standard InChI is InChI=1S/C13H22N4O/c1-4-11-12(14-2)15-9-16-13(11)18-8-7-17(3)10-5-6-10/h9-10H,4-8H2,1-3H3,(H,14,15,16). The van der Waals surface area contributed by atoms with Crippen molar-refractivity contribution in [3.63, 3.8) is 0 Å². The summed E-state index contributed by atoms with van der Waals surface area (Å²) in [5.74, 6) is 1.57. The lowest BCUT2D eigenvalue weighted by molar-refractivity contribution is 0.225. The van der Waals surface area contributed by atoms with Crippen molar-refractivity contribution in [1.29, 1.82) is 0 Å². The summed E-state index contributed by atoms with van der Waals surface area (Å²) in [5.41, 5.74) is 1.05. The summed E-state index contributed by atoms with van der Waals surface area (Å²) in [6, 6.07) is 0.775. The quantitative estimate of drug-likeness (QED) is 0.795. The zero-order chi connectivity index (χ0) is 13.0. The van der Waals surface area contributed by atoms with E-state index in [0.29, 0.717) is 12.5 Å². The Morgan fingerprint density at radius 1 is 1.44 bits per heavy atom. The lowest BCUT2D eigenvalue weighted by Gasteiger charge is -2.17. The van der Waals surface area contributed by atoms with Crippen LogP contribution in [0.1, 0.15) is 25.3 Å². The first-order valence-electron chi connectivity index (χ1n) is 6.61. The summed E-state index contributed by atoms with van der Waals surface area (Å²) in [4.78, 5) is 10.8. The molecule has 0 amide bonds. The van der Waals surface area contributed by atoms with Crippen LogP contribution < -0.4 is 10.1 Å². The van der Waals surface area contributed by atoms with Crippen LogP contribution in [-0.4, -0.2) is 48.2 Å². The third-order valence-electron chi connectivity index (χ3n) is 3.35. The Hall–Kier alpha value is -1.36. The van der Waals surface area contributed by atoms with Crippen LogP contribution >= 0.6 is 0 Å². The van der Waals surface area contributed by atoms with E-state index in [9.17, 15) is 0 Å². The lowest BCUT2D eigenvalue weighted by Crippen LogP contribution is -2.26. The molecular weight excluding hydrogens is 228 g/mol. The SMILES string of the molecule is CCc1c(NC)ncnc1OCCN(C)C1CC1. The van der Waals surface area contributed by atoms with Gasteiger partial charge in [-0.3, -0.25) is 0 Å². The zero-order valence-electron chi connectivity index (χ0n) is 11.4. The molecule has 0 radical (unpaired) electrons. The number of likely N-dealkylation sites (N-methyl/N-ethyl adjacent to an activating group) is 1. The lowest BCUT2D eigenvalue weighted by atomic mass is 10.2. The van der Waals surface area contributed by atoms with Crippen molar-refractivity contribution in [2.45, 2.75) is 32.2 Å². The van der Waals surface area contributed by atoms with Crippen LogP contribution in [0.2, 0.25) is 0 Å². The Bertz CT molecular complexity index is 393. The monoisotopic (exact) mass is 250 g/mol. The molecule has 0 unspecified atom stereocenters. The third-order valence-corrected chi connectivity index (χ3v) is 3.35. The van der Waals surface area contributed by atoms with Crippen LogP contribution in [0.4, 0.5) is 5.82 Å². The molecule has 1 heterocycles. The Morgan fingerprint density at radius 2 is 2.22 bits per heavy atom. The minimum absolute atomic E-state index is 0.681. The van der Waals surface area contributed by atoms with Crippen molar-refractivity contribution in [2.75, 3.05) is 32.6 Å². The molecule has 0 bridgehead atoms. The highest BCUT2D eigenvalue weighted by molar-refractivity contribution is 5.48. The highest BCUT2D eigenvalue weighted by Crippen LogP contribution is 2.25. The molecule has 1 aliphatic rings. The van der Waals surface area contributed by atoms with Gasteiger partial charge in [-0.15, -0.1) is 0 Å². The molecule has 1 saturated carbocycles. The number of hydrogen-bond acceptors (Lipinski definition) is 5. The molecule has 1 aliphatic carbocycles. The minimum atomic E-state index is 0.681. The maximum absolute atomic E-state index is 5.79. The third kappa shape index (κ3) is 3.10. The van der Waals surface area contributed by atoms with Crippen molar-refractivity contribution in [1.82, 2.24) is 14.9 Å². The van der Waals surface area contributed by atoms with Gasteiger partial charge in [0.1, 0.15) is 18.8 Å². The second-order valence-corrected chi connectivity index (χ2v) is 4.67. The van der Waals surface area contributed by atoms with Crippen molar-refractivity contribution in [3.05, 3.63) is 11.9 Å². The number of nitrogens with one attached hydrogen (secondary N) is 1. The molecule has 0 saturated heterocycles. The Morgan fingerprint density at radius 3 is 2.83 bits per heavy atom. The normalized spacial score (nSPS) is 14.9. The van der Waals surface area contributed by atoms with Gasteiger partial charge in [-0.2, -0.15) is 0 Å². The zero-order valence-corrected chi connectivity index (χ0v) is 11.4. The van der Waals surface area contributed by atoms with E-state index in [0.717, 1.165) is 30.4 Å². The summed E-state index contributed by atoms with van der Waals surface area (Å²) in [5, 5.41) is 3.07. The predicted octanol–water partition coefficient (Wildman–Crippen LogP) is 1.55. The molecule has 1 N–H and O–H groups in total. The second-order valence-electron chi connectivity index (χ2n) is 4.67. The van der Waals surface area contributed by atoms with Crippen LogP contribution in [0.3, 0.4) is 0 Å². The number of ether oxygens (including phenoxy) is 1. The van der Waals surface area contributed by atoms with E-state index in [1.165, 1.54) is 12.8 Å². The largest absolute Gasteiger partial charge is 0.476 e. The van der Waals surface area contributed by atoms with Gasteiger partial charge in [-0.05, 0) is 26.3 Å². The summed E-state index contributed by atoms with van der Waals surface area (Å²) >= 11 is 0. The van der Waals surface area contributed by atoms with Crippen molar-refractivity contribution in [2.24, 2.45) is 0 Å². The smallest absolute Gasteiger partial charge is 0.221 e. The van der Waals surface area contributed by atoms with E-state index in [1.54, 1.807) is 6.33 Å². The van der Waals surface area contributed by atoms with E-state index in [4.69, 9.17) is 4.74 Å². The fraction of sp³-hybridized carbons (Fsp3) is 0.692. The molecule has 100 valence electrons. The van der Waals surface area contributed by atoms with Gasteiger partial charge in [0.05, 0.1) is 5.56 Å². The molecule has 0 aromatic carbocycles. The van der Waals surface area contributed by atoms with Crippen LogP contribution in [-0.2, 0) is 6.42 Å². The number of anilines is 1.